The number of ether oxygens (including phenoxy) is 4. The molecule has 0 aromatic heterocycles. The Bertz CT molecular complexity index is 1600. The van der Waals surface area contributed by atoms with Gasteiger partial charge >= 0.3 is 5.97 Å². The average molecular weight is 661 g/mol. The summed E-state index contributed by atoms with van der Waals surface area (Å²) in [5.74, 6) is -0.722. The van der Waals surface area contributed by atoms with Crippen LogP contribution < -0.4 is 18.9 Å². The predicted molar refractivity (Wildman–Crippen MR) is 170 cm³/mol. The van der Waals surface area contributed by atoms with Crippen molar-refractivity contribution in [1.82, 2.24) is 4.90 Å². The normalized spacial score (nSPS) is 15.8. The Morgan fingerprint density at radius 1 is 0.795 bits per heavy atom. The number of carbonyl (C=O) groups is 2. The van der Waals surface area contributed by atoms with Gasteiger partial charge in [-0.1, -0.05) is 82.7 Å². The molecule has 1 amide bonds. The van der Waals surface area contributed by atoms with E-state index < -0.39 is 17.9 Å². The van der Waals surface area contributed by atoms with Crippen molar-refractivity contribution in [3.63, 3.8) is 0 Å². The molecule has 0 aliphatic carbocycles. The third kappa shape index (κ3) is 6.68. The highest BCUT2D eigenvalue weighted by Crippen LogP contribution is 2.47. The first-order chi connectivity index (χ1) is 21.4. The van der Waals surface area contributed by atoms with E-state index in [4.69, 9.17) is 18.9 Å². The quantitative estimate of drug-likeness (QED) is 0.154. The molecule has 0 fully saturated rings. The monoisotopic (exact) mass is 659 g/mol. The molecule has 0 saturated heterocycles. The maximum Gasteiger partial charge on any atom is 0.313 e. The standard InChI is InChI=1S/C35H34BrNO7/c1-41-29-19-26-27(20-30(29)42-2)34(38)37(17-9-16-36)33(32(26)35(39)40)25-14-15-28(43-21-23-10-5-3-6-11-23)31(18-25)44-22-24-12-7-4-8-13-24/h3-8,10-15,18-20,32-33H,9,16-17,21-22H2,1-2H3,(H,39,40)/t32-,33-/m1/s1. The summed E-state index contributed by atoms with van der Waals surface area (Å²) in [5, 5.41) is 11.3. The Kier molecular flexibility index (Phi) is 10.1. The Balaban J connectivity index is 1.59. The first-order valence-electron chi connectivity index (χ1n) is 14.3. The van der Waals surface area contributed by atoms with Crippen LogP contribution in [0.15, 0.2) is 91.0 Å². The highest BCUT2D eigenvalue weighted by Gasteiger charge is 2.45. The molecule has 4 aromatic rings. The number of fused-ring (bicyclic) bond motifs is 1. The molecule has 0 bridgehead atoms. The zero-order valence-electron chi connectivity index (χ0n) is 24.6. The first-order valence-corrected chi connectivity index (χ1v) is 15.4. The lowest BCUT2D eigenvalue weighted by atomic mass is 9.79. The molecule has 2 atom stereocenters. The van der Waals surface area contributed by atoms with E-state index in [1.165, 1.54) is 14.2 Å². The average Bonchev–Trinajstić information content (AvgIpc) is 3.06. The van der Waals surface area contributed by atoms with Gasteiger partial charge in [-0.15, -0.1) is 0 Å². The van der Waals surface area contributed by atoms with E-state index in [0.29, 0.717) is 59.0 Å². The van der Waals surface area contributed by atoms with Crippen molar-refractivity contribution in [2.45, 2.75) is 31.6 Å². The summed E-state index contributed by atoms with van der Waals surface area (Å²) in [4.78, 5) is 28.7. The summed E-state index contributed by atoms with van der Waals surface area (Å²) in [7, 11) is 2.96. The second-order valence-electron chi connectivity index (χ2n) is 10.4. The van der Waals surface area contributed by atoms with Crippen LogP contribution in [0.4, 0.5) is 0 Å². The number of benzene rings is 4. The van der Waals surface area contributed by atoms with Gasteiger partial charge in [-0.05, 0) is 52.9 Å². The number of amides is 1. The van der Waals surface area contributed by atoms with Gasteiger partial charge in [0.25, 0.3) is 5.91 Å². The molecule has 8 nitrogen and oxygen atoms in total. The van der Waals surface area contributed by atoms with Gasteiger partial charge in [0, 0.05) is 17.4 Å². The highest BCUT2D eigenvalue weighted by atomic mass is 79.9. The van der Waals surface area contributed by atoms with E-state index >= 15 is 0 Å². The maximum atomic E-state index is 14.0. The van der Waals surface area contributed by atoms with Crippen LogP contribution in [0.3, 0.4) is 0 Å². The third-order valence-corrected chi connectivity index (χ3v) is 8.18. The van der Waals surface area contributed by atoms with E-state index in [2.05, 4.69) is 15.9 Å². The lowest BCUT2D eigenvalue weighted by Crippen LogP contribution is -2.45. The minimum atomic E-state index is -1.07. The summed E-state index contributed by atoms with van der Waals surface area (Å²) in [5.41, 5.74) is 3.24. The van der Waals surface area contributed by atoms with E-state index in [0.717, 1.165) is 11.1 Å². The smallest absolute Gasteiger partial charge is 0.313 e. The molecule has 1 aliphatic heterocycles. The van der Waals surface area contributed by atoms with Crippen molar-refractivity contribution in [3.8, 4) is 23.0 Å². The molecular formula is C35H34BrNO7. The van der Waals surface area contributed by atoms with Crippen LogP contribution in [0.1, 0.15) is 51.0 Å². The molecule has 9 heteroatoms. The molecule has 228 valence electrons. The van der Waals surface area contributed by atoms with Gasteiger partial charge < -0.3 is 29.0 Å². The van der Waals surface area contributed by atoms with Gasteiger partial charge in [0.2, 0.25) is 0 Å². The Morgan fingerprint density at radius 2 is 1.39 bits per heavy atom. The number of methoxy groups -OCH3 is 2. The molecule has 44 heavy (non-hydrogen) atoms. The molecule has 1 N–H and O–H groups in total. The Morgan fingerprint density at radius 3 is 1.95 bits per heavy atom. The van der Waals surface area contributed by atoms with Crippen molar-refractivity contribution in [2.75, 3.05) is 26.1 Å². The summed E-state index contributed by atoms with van der Waals surface area (Å²) in [6.45, 7) is 0.956. The molecule has 4 aromatic carbocycles. The van der Waals surface area contributed by atoms with Crippen molar-refractivity contribution in [1.29, 1.82) is 0 Å². The number of rotatable bonds is 13. The van der Waals surface area contributed by atoms with E-state index in [1.807, 2.05) is 66.7 Å². The number of nitrogens with zero attached hydrogens (tertiary/aromatic N) is 1. The van der Waals surface area contributed by atoms with E-state index in [9.17, 15) is 14.7 Å². The molecular weight excluding hydrogens is 626 g/mol. The second-order valence-corrected chi connectivity index (χ2v) is 11.1. The van der Waals surface area contributed by atoms with Crippen LogP contribution >= 0.6 is 15.9 Å². The van der Waals surface area contributed by atoms with Crippen LogP contribution in [-0.4, -0.2) is 48.0 Å². The number of halogens is 1. The summed E-state index contributed by atoms with van der Waals surface area (Å²) < 4.78 is 23.4. The zero-order chi connectivity index (χ0) is 31.1. The van der Waals surface area contributed by atoms with Crippen LogP contribution in [0.25, 0.3) is 0 Å². The van der Waals surface area contributed by atoms with Gasteiger partial charge in [0.05, 0.1) is 20.3 Å². The number of hydrogen-bond donors (Lipinski definition) is 1. The van der Waals surface area contributed by atoms with Crippen molar-refractivity contribution >= 4 is 27.8 Å². The largest absolute Gasteiger partial charge is 0.493 e. The number of aliphatic carboxylic acids is 1. The molecule has 1 aliphatic rings. The van der Waals surface area contributed by atoms with Crippen LogP contribution in [0, 0.1) is 0 Å². The first kappa shape index (κ1) is 30.9. The summed E-state index contributed by atoms with van der Waals surface area (Å²) in [6, 6.07) is 27.3. The fourth-order valence-electron chi connectivity index (χ4n) is 5.49. The second kappa shape index (κ2) is 14.3. The Labute approximate surface area is 265 Å². The lowest BCUT2D eigenvalue weighted by Gasteiger charge is -2.41. The third-order valence-electron chi connectivity index (χ3n) is 7.62. The fourth-order valence-corrected chi connectivity index (χ4v) is 5.74. The minimum absolute atomic E-state index is 0.277. The lowest BCUT2D eigenvalue weighted by molar-refractivity contribution is -0.140. The van der Waals surface area contributed by atoms with Crippen LogP contribution in [-0.2, 0) is 18.0 Å². The summed E-state index contributed by atoms with van der Waals surface area (Å²) in [6.07, 6.45) is 0.632. The van der Waals surface area contributed by atoms with Crippen LogP contribution in [0.2, 0.25) is 0 Å². The molecule has 1 heterocycles. The zero-order valence-corrected chi connectivity index (χ0v) is 26.2. The fraction of sp³-hybridized carbons (Fsp3) is 0.257. The minimum Gasteiger partial charge on any atom is -0.493 e. The number of hydrogen-bond acceptors (Lipinski definition) is 6. The van der Waals surface area contributed by atoms with E-state index in [-0.39, 0.29) is 18.1 Å². The number of alkyl halides is 1. The SMILES string of the molecule is COc1cc2c(cc1OC)[C@@H](C(=O)O)[C@@H](c1ccc(OCc3ccccc3)c(OCc3ccccc3)c1)N(CCCBr)C2=O. The topological polar surface area (TPSA) is 94.5 Å². The molecule has 0 radical (unpaired) electrons. The van der Waals surface area contributed by atoms with Crippen LogP contribution in [0.5, 0.6) is 23.0 Å². The van der Waals surface area contributed by atoms with Crippen molar-refractivity contribution in [3.05, 3.63) is 119 Å². The number of carbonyl (C=O) groups excluding carboxylic acids is 1. The van der Waals surface area contributed by atoms with Gasteiger partial charge in [-0.3, -0.25) is 9.59 Å². The predicted octanol–water partition coefficient (Wildman–Crippen LogP) is 7.01. The van der Waals surface area contributed by atoms with Gasteiger partial charge in [-0.2, -0.15) is 0 Å². The highest BCUT2D eigenvalue weighted by molar-refractivity contribution is 9.09. The molecule has 0 unspecified atom stereocenters. The van der Waals surface area contributed by atoms with Gasteiger partial charge in [0.15, 0.2) is 23.0 Å². The molecule has 0 saturated carbocycles. The Hall–Kier alpha value is -4.50. The van der Waals surface area contributed by atoms with Crippen molar-refractivity contribution < 1.29 is 33.6 Å². The van der Waals surface area contributed by atoms with E-state index in [1.54, 1.807) is 29.2 Å². The van der Waals surface area contributed by atoms with Gasteiger partial charge in [-0.25, -0.2) is 0 Å². The van der Waals surface area contributed by atoms with Gasteiger partial charge in [0.1, 0.15) is 19.1 Å². The summed E-state index contributed by atoms with van der Waals surface area (Å²) >= 11 is 3.46. The molecule has 5 rings (SSSR count). The number of carboxylic acids is 1. The maximum absolute atomic E-state index is 14.0. The molecule has 0 spiro atoms. The van der Waals surface area contributed by atoms with Crippen molar-refractivity contribution in [2.24, 2.45) is 0 Å². The number of carboxylic acid groups (broad SMARTS) is 1.